The number of carbonyl (C=O) groups excluding carboxylic acids is 1. The van der Waals surface area contributed by atoms with Crippen LogP contribution in [0.5, 0.6) is 0 Å². The summed E-state index contributed by atoms with van der Waals surface area (Å²) in [6.07, 6.45) is 0. The van der Waals surface area contributed by atoms with E-state index in [1.807, 2.05) is 13.8 Å². The van der Waals surface area contributed by atoms with Crippen LogP contribution >= 0.6 is 35.0 Å². The van der Waals surface area contributed by atoms with E-state index in [-0.39, 0.29) is 11.3 Å². The zero-order valence-corrected chi connectivity index (χ0v) is 18.4. The maximum absolute atomic E-state index is 13.1. The van der Waals surface area contributed by atoms with Gasteiger partial charge in [0.1, 0.15) is 28.3 Å². The molecule has 0 bridgehead atoms. The minimum absolute atomic E-state index is 0.276. The highest BCUT2D eigenvalue weighted by Gasteiger charge is 2.69. The molecule has 0 aliphatic carbocycles. The Balaban J connectivity index is 1.70. The summed E-state index contributed by atoms with van der Waals surface area (Å²) in [6, 6.07) is 4.13. The predicted molar refractivity (Wildman–Crippen MR) is 112 cm³/mol. The highest BCUT2D eigenvalue weighted by atomic mass is 35.5. The summed E-state index contributed by atoms with van der Waals surface area (Å²) in [4.78, 5) is 26.3. The van der Waals surface area contributed by atoms with E-state index in [1.54, 1.807) is 32.0 Å². The molecular formula is C19H19Cl2N3O4S. The number of anilines is 1. The van der Waals surface area contributed by atoms with Crippen LogP contribution in [0.25, 0.3) is 11.3 Å². The number of halogens is 2. The van der Waals surface area contributed by atoms with Crippen LogP contribution in [0.3, 0.4) is 0 Å². The van der Waals surface area contributed by atoms with Crippen LogP contribution < -0.4 is 5.32 Å². The number of carbonyl (C=O) groups is 2. The van der Waals surface area contributed by atoms with Gasteiger partial charge in [0.15, 0.2) is 5.76 Å². The molecule has 3 heterocycles. The summed E-state index contributed by atoms with van der Waals surface area (Å²) < 4.78 is 4.88. The number of aryl methyl sites for hydroxylation is 1. The maximum atomic E-state index is 13.1. The van der Waals surface area contributed by atoms with E-state index in [2.05, 4.69) is 10.5 Å². The van der Waals surface area contributed by atoms with E-state index in [1.165, 1.54) is 16.7 Å². The quantitative estimate of drug-likeness (QED) is 0.664. The Hall–Kier alpha value is -1.90. The van der Waals surface area contributed by atoms with Gasteiger partial charge in [0.25, 0.3) is 5.91 Å². The first-order valence-electron chi connectivity index (χ1n) is 8.90. The van der Waals surface area contributed by atoms with Crippen molar-refractivity contribution in [1.82, 2.24) is 10.1 Å². The van der Waals surface area contributed by atoms with Gasteiger partial charge in [-0.1, -0.05) is 28.4 Å². The molecule has 1 amide bonds. The van der Waals surface area contributed by atoms with Gasteiger partial charge in [-0.3, -0.25) is 4.79 Å². The first-order valence-corrected chi connectivity index (χ1v) is 10.5. The van der Waals surface area contributed by atoms with Gasteiger partial charge in [-0.2, -0.15) is 0 Å². The van der Waals surface area contributed by atoms with E-state index in [0.29, 0.717) is 32.8 Å². The number of rotatable bonds is 4. The van der Waals surface area contributed by atoms with Crippen LogP contribution in [0.1, 0.15) is 26.5 Å². The molecule has 1 aromatic carbocycles. The van der Waals surface area contributed by atoms with Gasteiger partial charge in [0, 0.05) is 15.3 Å². The van der Waals surface area contributed by atoms with Crippen molar-refractivity contribution in [2.75, 3.05) is 5.32 Å². The largest absolute Gasteiger partial charge is 0.480 e. The number of β-lactam (4-membered cyclic amide) rings is 1. The molecular weight excluding hydrogens is 437 g/mol. The summed E-state index contributed by atoms with van der Waals surface area (Å²) in [5.74, 6) is -0.884. The molecule has 1 unspecified atom stereocenters. The smallest absolute Gasteiger partial charge is 0.327 e. The first kappa shape index (κ1) is 20.4. The van der Waals surface area contributed by atoms with Crippen LogP contribution in [-0.4, -0.2) is 48.7 Å². The lowest BCUT2D eigenvalue weighted by atomic mass is 9.85. The topological polar surface area (TPSA) is 95.7 Å². The van der Waals surface area contributed by atoms with Crippen molar-refractivity contribution in [3.05, 3.63) is 33.9 Å². The molecule has 2 N–H and O–H groups in total. The number of nitrogens with zero attached hydrogens (tertiary/aromatic N) is 2. The van der Waals surface area contributed by atoms with E-state index >= 15 is 0 Å². The summed E-state index contributed by atoms with van der Waals surface area (Å²) >= 11 is 13.8. The third-order valence-corrected chi connectivity index (χ3v) is 7.73. The molecule has 2 aromatic rings. The van der Waals surface area contributed by atoms with Gasteiger partial charge in [-0.15, -0.1) is 11.8 Å². The Kier molecular flexibility index (Phi) is 4.60. The molecule has 2 saturated heterocycles. The number of benzene rings is 1. The van der Waals surface area contributed by atoms with Gasteiger partial charge in [0.05, 0.1) is 5.02 Å². The summed E-state index contributed by atoms with van der Waals surface area (Å²) in [5, 5.41) is 17.5. The minimum atomic E-state index is -1.00. The van der Waals surface area contributed by atoms with Gasteiger partial charge < -0.3 is 19.8 Å². The van der Waals surface area contributed by atoms with Crippen molar-refractivity contribution in [1.29, 1.82) is 0 Å². The zero-order valence-electron chi connectivity index (χ0n) is 16.1. The van der Waals surface area contributed by atoms with Gasteiger partial charge >= 0.3 is 5.97 Å². The molecule has 1 aromatic heterocycles. The van der Waals surface area contributed by atoms with Crippen molar-refractivity contribution in [2.45, 2.75) is 49.4 Å². The Morgan fingerprint density at radius 1 is 1.34 bits per heavy atom. The number of fused-ring (bicyclic) bond motifs is 1. The van der Waals surface area contributed by atoms with E-state index in [0.717, 1.165) is 0 Å². The van der Waals surface area contributed by atoms with Crippen molar-refractivity contribution >= 4 is 52.5 Å². The molecule has 4 rings (SSSR count). The number of amides is 1. The number of carboxylic acid groups (broad SMARTS) is 1. The van der Waals surface area contributed by atoms with Gasteiger partial charge in [-0.05, 0) is 45.9 Å². The van der Waals surface area contributed by atoms with Crippen molar-refractivity contribution in [3.8, 4) is 11.3 Å². The number of carboxylic acids is 1. The Morgan fingerprint density at radius 3 is 2.66 bits per heavy atom. The first-order chi connectivity index (χ1) is 13.5. The molecule has 2 aliphatic heterocycles. The summed E-state index contributed by atoms with van der Waals surface area (Å²) in [5.41, 5.74) is 0.697. The van der Waals surface area contributed by atoms with Gasteiger partial charge in [0.2, 0.25) is 0 Å². The molecule has 7 nitrogen and oxygen atoms in total. The SMILES string of the molecule is Cc1noc(-c2ccc(Cl)cc2Cl)c1NC1(C)C(=O)N2[C@@H](C(=O)O)C(C)(C)S[C@@H]21. The van der Waals surface area contributed by atoms with Crippen molar-refractivity contribution in [3.63, 3.8) is 0 Å². The van der Waals surface area contributed by atoms with E-state index < -0.39 is 22.3 Å². The summed E-state index contributed by atoms with van der Waals surface area (Å²) in [6.45, 7) is 7.21. The van der Waals surface area contributed by atoms with Crippen LogP contribution in [0, 0.1) is 6.92 Å². The summed E-state index contributed by atoms with van der Waals surface area (Å²) in [7, 11) is 0. The Morgan fingerprint density at radius 2 is 2.03 bits per heavy atom. The number of thioether (sulfide) groups is 1. The normalized spacial score (nSPS) is 27.5. The molecule has 0 radical (unpaired) electrons. The monoisotopic (exact) mass is 455 g/mol. The molecule has 2 aliphatic rings. The number of nitrogens with one attached hydrogen (secondary N) is 1. The van der Waals surface area contributed by atoms with Crippen LogP contribution in [0.2, 0.25) is 10.0 Å². The van der Waals surface area contributed by atoms with Crippen LogP contribution in [0.4, 0.5) is 5.69 Å². The second kappa shape index (κ2) is 6.55. The fourth-order valence-electron chi connectivity index (χ4n) is 3.97. The lowest BCUT2D eigenvalue weighted by molar-refractivity contribution is -0.163. The number of aromatic nitrogens is 1. The average molecular weight is 456 g/mol. The van der Waals surface area contributed by atoms with Crippen molar-refractivity contribution in [2.24, 2.45) is 0 Å². The van der Waals surface area contributed by atoms with E-state index in [9.17, 15) is 14.7 Å². The van der Waals surface area contributed by atoms with Gasteiger partial charge in [-0.25, -0.2) is 4.79 Å². The zero-order chi connectivity index (χ0) is 21.3. The fraction of sp³-hybridized carbons (Fsp3) is 0.421. The standard InChI is InChI=1S/C19H19Cl2N3O4S/c1-8-12(13(28-23-8)10-6-5-9(20)7-11(10)21)22-19(4)16(27)24-14(15(25)26)18(2,3)29-17(19)24/h5-7,14,17,22H,1-4H3,(H,25,26)/t14-,17+,19?/m0/s1. The molecule has 29 heavy (non-hydrogen) atoms. The molecule has 0 spiro atoms. The maximum Gasteiger partial charge on any atom is 0.327 e. The third-order valence-electron chi connectivity index (χ3n) is 5.43. The number of hydrogen-bond donors (Lipinski definition) is 2. The average Bonchev–Trinajstić information content (AvgIpc) is 3.11. The molecule has 2 fully saturated rings. The highest BCUT2D eigenvalue weighted by Crippen LogP contribution is 2.56. The lowest BCUT2D eigenvalue weighted by Crippen LogP contribution is -2.75. The molecule has 0 saturated carbocycles. The van der Waals surface area contributed by atoms with Crippen molar-refractivity contribution < 1.29 is 19.2 Å². The number of aliphatic carboxylic acids is 1. The molecule has 154 valence electrons. The fourth-order valence-corrected chi connectivity index (χ4v) is 6.11. The number of hydrogen-bond acceptors (Lipinski definition) is 6. The van der Waals surface area contributed by atoms with Crippen LogP contribution in [-0.2, 0) is 9.59 Å². The molecule has 3 atom stereocenters. The minimum Gasteiger partial charge on any atom is -0.480 e. The third kappa shape index (κ3) is 2.92. The second-order valence-corrected chi connectivity index (χ2v) is 10.5. The highest BCUT2D eigenvalue weighted by molar-refractivity contribution is 8.01. The van der Waals surface area contributed by atoms with Crippen LogP contribution in [0.15, 0.2) is 22.7 Å². The lowest BCUT2D eigenvalue weighted by Gasteiger charge is -2.51. The molecule has 10 heteroatoms. The Labute approximate surface area is 181 Å². The predicted octanol–water partition coefficient (Wildman–Crippen LogP) is 4.27. The second-order valence-electron chi connectivity index (χ2n) is 7.95. The van der Waals surface area contributed by atoms with E-state index in [4.69, 9.17) is 27.7 Å². The Bertz CT molecular complexity index is 1040.